The van der Waals surface area contributed by atoms with Crippen LogP contribution >= 0.6 is 0 Å². The van der Waals surface area contributed by atoms with Gasteiger partial charge >= 0.3 is 5.97 Å². The Morgan fingerprint density at radius 2 is 1.46 bits per heavy atom. The van der Waals surface area contributed by atoms with Crippen LogP contribution in [0.3, 0.4) is 0 Å². The van der Waals surface area contributed by atoms with Gasteiger partial charge in [-0.15, -0.1) is 0 Å². The smallest absolute Gasteiger partial charge is 0.335 e. The number of carboxylic acids is 1. The number of carbonyl (C=O) groups is 1. The zero-order valence-electron chi connectivity index (χ0n) is 17.2. The number of unbranched alkanes of at least 4 members (excludes halogenated alkanes) is 7. The van der Waals surface area contributed by atoms with E-state index in [1.54, 1.807) is 12.1 Å². The molecule has 2 aromatic rings. The van der Waals surface area contributed by atoms with Crippen molar-refractivity contribution < 1.29 is 14.6 Å². The summed E-state index contributed by atoms with van der Waals surface area (Å²) < 4.78 is 5.84. The Kier molecular flexibility index (Phi) is 10.2. The average Bonchev–Trinajstić information content (AvgIpc) is 2.72. The quantitative estimate of drug-likeness (QED) is 0.370. The average molecular weight is 383 g/mol. The molecule has 0 radical (unpaired) electrons. The summed E-state index contributed by atoms with van der Waals surface area (Å²) in [6, 6.07) is 15.4. The zero-order chi connectivity index (χ0) is 20.0. The molecule has 0 aliphatic heterocycles. The molecule has 3 heteroatoms. The van der Waals surface area contributed by atoms with Crippen LogP contribution in [0.5, 0.6) is 5.75 Å². The van der Waals surface area contributed by atoms with Crippen molar-refractivity contribution in [3.05, 3.63) is 65.2 Å². The minimum atomic E-state index is -0.861. The molecule has 28 heavy (non-hydrogen) atoms. The minimum absolute atomic E-state index is 0.396. The maximum absolute atomic E-state index is 11.3. The van der Waals surface area contributed by atoms with Gasteiger partial charge in [-0.1, -0.05) is 82.2 Å². The molecule has 1 N–H and O–H groups in total. The zero-order valence-corrected chi connectivity index (χ0v) is 17.2. The van der Waals surface area contributed by atoms with Gasteiger partial charge in [-0.05, 0) is 48.6 Å². The molecular formula is C25H34O3. The van der Waals surface area contributed by atoms with E-state index >= 15 is 0 Å². The largest absolute Gasteiger partial charge is 0.494 e. The number of carboxylic acid groups (broad SMARTS) is 1. The molecule has 0 saturated heterocycles. The van der Waals surface area contributed by atoms with E-state index in [9.17, 15) is 9.90 Å². The van der Waals surface area contributed by atoms with Gasteiger partial charge in [0.25, 0.3) is 0 Å². The van der Waals surface area contributed by atoms with Gasteiger partial charge in [0, 0.05) is 0 Å². The highest BCUT2D eigenvalue weighted by Gasteiger charge is 2.08. The van der Waals surface area contributed by atoms with Crippen LogP contribution in [0.2, 0.25) is 0 Å². The Hall–Kier alpha value is -2.29. The van der Waals surface area contributed by atoms with Crippen molar-refractivity contribution in [3.63, 3.8) is 0 Å². The molecule has 0 aliphatic rings. The van der Waals surface area contributed by atoms with E-state index in [4.69, 9.17) is 4.74 Å². The first-order valence-electron chi connectivity index (χ1n) is 10.7. The van der Waals surface area contributed by atoms with E-state index in [0.29, 0.717) is 5.56 Å². The Bertz CT molecular complexity index is 691. The second kappa shape index (κ2) is 13.0. The van der Waals surface area contributed by atoms with Crippen LogP contribution in [-0.2, 0) is 12.8 Å². The Morgan fingerprint density at radius 1 is 0.821 bits per heavy atom. The van der Waals surface area contributed by atoms with Gasteiger partial charge in [0.2, 0.25) is 0 Å². The fraction of sp³-hybridized carbons (Fsp3) is 0.480. The Balaban J connectivity index is 1.65. The van der Waals surface area contributed by atoms with Gasteiger partial charge in [-0.2, -0.15) is 0 Å². The lowest BCUT2D eigenvalue weighted by molar-refractivity contribution is 0.0695. The number of aromatic carboxylic acids is 1. The van der Waals surface area contributed by atoms with Crippen molar-refractivity contribution >= 4 is 5.97 Å². The second-order valence-electron chi connectivity index (χ2n) is 7.43. The topological polar surface area (TPSA) is 46.5 Å². The molecule has 2 aromatic carbocycles. The number of hydrogen-bond acceptors (Lipinski definition) is 2. The third kappa shape index (κ3) is 8.16. The monoisotopic (exact) mass is 382 g/mol. The molecule has 0 bridgehead atoms. The molecule has 2 rings (SSSR count). The van der Waals surface area contributed by atoms with Gasteiger partial charge in [0.1, 0.15) is 5.75 Å². The fourth-order valence-electron chi connectivity index (χ4n) is 3.40. The van der Waals surface area contributed by atoms with Crippen LogP contribution in [0.4, 0.5) is 0 Å². The van der Waals surface area contributed by atoms with Crippen molar-refractivity contribution in [2.24, 2.45) is 0 Å². The van der Waals surface area contributed by atoms with Gasteiger partial charge in [0.05, 0.1) is 12.2 Å². The first-order valence-corrected chi connectivity index (χ1v) is 10.7. The lowest BCUT2D eigenvalue weighted by atomic mass is 10.00. The van der Waals surface area contributed by atoms with Crippen LogP contribution in [0.15, 0.2) is 48.5 Å². The van der Waals surface area contributed by atoms with Crippen LogP contribution in [0.1, 0.15) is 79.8 Å². The van der Waals surface area contributed by atoms with Crippen molar-refractivity contribution in [2.75, 3.05) is 6.61 Å². The van der Waals surface area contributed by atoms with Crippen molar-refractivity contribution in [1.82, 2.24) is 0 Å². The summed E-state index contributed by atoms with van der Waals surface area (Å²) in [6.45, 7) is 3.03. The van der Waals surface area contributed by atoms with E-state index in [0.717, 1.165) is 37.2 Å². The first kappa shape index (κ1) is 22.0. The van der Waals surface area contributed by atoms with E-state index in [-0.39, 0.29) is 0 Å². The molecule has 0 heterocycles. The molecule has 0 unspecified atom stereocenters. The fourth-order valence-corrected chi connectivity index (χ4v) is 3.40. The summed E-state index contributed by atoms with van der Waals surface area (Å²) in [5, 5.41) is 9.27. The lowest BCUT2D eigenvalue weighted by Crippen LogP contribution is -2.03. The Labute approximate surface area is 169 Å². The molecule has 0 aromatic heterocycles. The summed E-state index contributed by atoms with van der Waals surface area (Å²) in [5.74, 6) is 0.0536. The lowest BCUT2D eigenvalue weighted by Gasteiger charge is -2.08. The number of rotatable bonds is 14. The van der Waals surface area contributed by atoms with Crippen molar-refractivity contribution in [3.8, 4) is 5.75 Å². The maximum atomic E-state index is 11.3. The highest BCUT2D eigenvalue weighted by Crippen LogP contribution is 2.17. The standard InChI is InChI=1S/C25H34O3/c1-2-3-4-5-6-7-8-11-20-28-23-18-15-21(16-19-23)14-17-22-12-9-10-13-24(22)25(26)27/h9-10,12-13,15-16,18-19H,2-8,11,14,17,20H2,1H3,(H,26,27). The van der Waals surface area contributed by atoms with E-state index < -0.39 is 5.97 Å². The second-order valence-corrected chi connectivity index (χ2v) is 7.43. The summed E-state index contributed by atoms with van der Waals surface area (Å²) in [5.41, 5.74) is 2.47. The van der Waals surface area contributed by atoms with Crippen LogP contribution < -0.4 is 4.74 Å². The molecule has 0 aliphatic carbocycles. The van der Waals surface area contributed by atoms with Crippen LogP contribution in [-0.4, -0.2) is 17.7 Å². The maximum Gasteiger partial charge on any atom is 0.335 e. The van der Waals surface area contributed by atoms with E-state index in [1.165, 1.54) is 50.5 Å². The minimum Gasteiger partial charge on any atom is -0.494 e. The molecule has 0 spiro atoms. The molecule has 0 atom stereocenters. The SMILES string of the molecule is CCCCCCCCCCOc1ccc(CCc2ccccc2C(=O)O)cc1. The van der Waals surface area contributed by atoms with Gasteiger partial charge < -0.3 is 9.84 Å². The molecule has 0 saturated carbocycles. The molecule has 152 valence electrons. The number of benzene rings is 2. The third-order valence-corrected chi connectivity index (χ3v) is 5.12. The summed E-state index contributed by atoms with van der Waals surface area (Å²) >= 11 is 0. The highest BCUT2D eigenvalue weighted by molar-refractivity contribution is 5.89. The van der Waals surface area contributed by atoms with Gasteiger partial charge in [-0.3, -0.25) is 0 Å². The molecular weight excluding hydrogens is 348 g/mol. The van der Waals surface area contributed by atoms with Crippen molar-refractivity contribution in [2.45, 2.75) is 71.1 Å². The van der Waals surface area contributed by atoms with Crippen LogP contribution in [0, 0.1) is 0 Å². The summed E-state index contributed by atoms with van der Waals surface area (Å²) in [4.78, 5) is 11.3. The summed E-state index contributed by atoms with van der Waals surface area (Å²) in [6.07, 6.45) is 12.0. The Morgan fingerprint density at radius 3 is 2.14 bits per heavy atom. The number of ether oxygens (including phenoxy) is 1. The predicted octanol–water partition coefficient (Wildman–Crippen LogP) is 6.69. The number of aryl methyl sites for hydroxylation is 2. The first-order chi connectivity index (χ1) is 13.7. The predicted molar refractivity (Wildman–Crippen MR) is 115 cm³/mol. The molecule has 3 nitrogen and oxygen atoms in total. The van der Waals surface area contributed by atoms with Crippen molar-refractivity contribution in [1.29, 1.82) is 0 Å². The van der Waals surface area contributed by atoms with E-state index in [2.05, 4.69) is 19.1 Å². The van der Waals surface area contributed by atoms with Crippen LogP contribution in [0.25, 0.3) is 0 Å². The van der Waals surface area contributed by atoms with E-state index in [1.807, 2.05) is 24.3 Å². The highest BCUT2D eigenvalue weighted by atomic mass is 16.5. The normalized spacial score (nSPS) is 10.8. The number of hydrogen-bond donors (Lipinski definition) is 1. The van der Waals surface area contributed by atoms with Gasteiger partial charge in [-0.25, -0.2) is 4.79 Å². The summed E-state index contributed by atoms with van der Waals surface area (Å²) in [7, 11) is 0. The third-order valence-electron chi connectivity index (χ3n) is 5.12. The van der Waals surface area contributed by atoms with Gasteiger partial charge in [0.15, 0.2) is 0 Å². The molecule has 0 fully saturated rings. The molecule has 0 amide bonds.